The number of rotatable bonds is 5. The van der Waals surface area contributed by atoms with Crippen molar-refractivity contribution < 1.29 is 19.1 Å². The fraction of sp³-hybridized carbons (Fsp3) is 0.524. The minimum absolute atomic E-state index is 0.289. The predicted molar refractivity (Wildman–Crippen MR) is 96.3 cm³/mol. The van der Waals surface area contributed by atoms with E-state index in [-0.39, 0.29) is 12.6 Å². The molecule has 0 N–H and O–H groups in total. The Kier molecular flexibility index (Phi) is 5.57. The lowest BCUT2D eigenvalue weighted by molar-refractivity contribution is -0.147. The van der Waals surface area contributed by atoms with Crippen LogP contribution in [0.5, 0.6) is 0 Å². The molecule has 0 amide bonds. The SMILES string of the molecule is CCOC(=O)C1=Cc2c(C3CCCCC3)cccc2C1C(=O)OCC. The number of carbonyl (C=O) groups excluding carboxylic acids is 2. The average molecular weight is 342 g/mol. The molecule has 25 heavy (non-hydrogen) atoms. The Morgan fingerprint density at radius 1 is 1.00 bits per heavy atom. The Balaban J connectivity index is 2.02. The van der Waals surface area contributed by atoms with Crippen LogP contribution in [0.15, 0.2) is 23.8 Å². The van der Waals surface area contributed by atoms with Crippen molar-refractivity contribution in [1.82, 2.24) is 0 Å². The Labute approximate surface area is 149 Å². The van der Waals surface area contributed by atoms with Gasteiger partial charge in [-0.2, -0.15) is 0 Å². The number of carbonyl (C=O) groups is 2. The highest BCUT2D eigenvalue weighted by atomic mass is 16.5. The zero-order chi connectivity index (χ0) is 17.8. The molecule has 4 nitrogen and oxygen atoms in total. The second-order valence-electron chi connectivity index (χ2n) is 6.69. The molecule has 1 aromatic carbocycles. The van der Waals surface area contributed by atoms with Crippen molar-refractivity contribution in [2.75, 3.05) is 13.2 Å². The number of fused-ring (bicyclic) bond motifs is 1. The zero-order valence-electron chi connectivity index (χ0n) is 15.0. The van der Waals surface area contributed by atoms with Gasteiger partial charge in [0.25, 0.3) is 0 Å². The first-order valence-electron chi connectivity index (χ1n) is 9.35. The normalized spacial score (nSPS) is 19.9. The van der Waals surface area contributed by atoms with E-state index in [2.05, 4.69) is 6.07 Å². The number of hydrogen-bond donors (Lipinski definition) is 0. The molecule has 1 fully saturated rings. The van der Waals surface area contributed by atoms with Gasteiger partial charge in [0.05, 0.1) is 18.8 Å². The summed E-state index contributed by atoms with van der Waals surface area (Å²) in [4.78, 5) is 25.0. The largest absolute Gasteiger partial charge is 0.465 e. The van der Waals surface area contributed by atoms with Crippen LogP contribution in [0.1, 0.15) is 74.5 Å². The summed E-state index contributed by atoms with van der Waals surface area (Å²) >= 11 is 0. The second kappa shape index (κ2) is 7.85. The van der Waals surface area contributed by atoms with Gasteiger partial charge in [-0.15, -0.1) is 0 Å². The molecule has 0 bridgehead atoms. The Morgan fingerprint density at radius 2 is 1.68 bits per heavy atom. The van der Waals surface area contributed by atoms with Gasteiger partial charge in [0.2, 0.25) is 0 Å². The van der Waals surface area contributed by atoms with Crippen LogP contribution in [0.4, 0.5) is 0 Å². The molecule has 4 heteroatoms. The molecule has 2 aliphatic carbocycles. The van der Waals surface area contributed by atoms with Crippen LogP contribution in [0.3, 0.4) is 0 Å². The van der Waals surface area contributed by atoms with Crippen molar-refractivity contribution in [2.24, 2.45) is 0 Å². The van der Waals surface area contributed by atoms with Crippen LogP contribution in [-0.2, 0) is 19.1 Å². The molecule has 0 radical (unpaired) electrons. The fourth-order valence-corrected chi connectivity index (χ4v) is 4.07. The monoisotopic (exact) mass is 342 g/mol. The molecule has 1 atom stereocenters. The van der Waals surface area contributed by atoms with Gasteiger partial charge < -0.3 is 9.47 Å². The zero-order valence-corrected chi connectivity index (χ0v) is 15.0. The van der Waals surface area contributed by atoms with Gasteiger partial charge in [-0.05, 0) is 55.4 Å². The smallest absolute Gasteiger partial charge is 0.335 e. The highest BCUT2D eigenvalue weighted by Gasteiger charge is 2.38. The van der Waals surface area contributed by atoms with Crippen molar-refractivity contribution in [3.8, 4) is 0 Å². The lowest BCUT2D eigenvalue weighted by atomic mass is 9.81. The first-order valence-corrected chi connectivity index (χ1v) is 9.35. The summed E-state index contributed by atoms with van der Waals surface area (Å²) in [5.41, 5.74) is 3.56. The van der Waals surface area contributed by atoms with Gasteiger partial charge >= 0.3 is 11.9 Å². The standard InChI is InChI=1S/C21H26O4/c1-3-24-20(22)18-13-17-15(14-9-6-5-7-10-14)11-8-12-16(17)19(18)21(23)25-4-2/h8,11-14,19H,3-7,9-10H2,1-2H3. The number of benzene rings is 1. The summed E-state index contributed by atoms with van der Waals surface area (Å²) in [6.07, 6.45) is 7.97. The molecule has 3 rings (SSSR count). The van der Waals surface area contributed by atoms with E-state index in [0.29, 0.717) is 18.1 Å². The number of ether oxygens (including phenoxy) is 2. The maximum absolute atomic E-state index is 12.5. The molecule has 1 unspecified atom stereocenters. The molecule has 0 aromatic heterocycles. The third-order valence-electron chi connectivity index (χ3n) is 5.17. The van der Waals surface area contributed by atoms with Gasteiger partial charge in [0.1, 0.15) is 5.92 Å². The quantitative estimate of drug-likeness (QED) is 0.747. The second-order valence-corrected chi connectivity index (χ2v) is 6.69. The number of esters is 2. The van der Waals surface area contributed by atoms with Crippen LogP contribution in [-0.4, -0.2) is 25.2 Å². The maximum Gasteiger partial charge on any atom is 0.335 e. The van der Waals surface area contributed by atoms with Crippen LogP contribution < -0.4 is 0 Å². The van der Waals surface area contributed by atoms with Crippen LogP contribution in [0, 0.1) is 0 Å². The Hall–Kier alpha value is -2.10. The lowest BCUT2D eigenvalue weighted by Crippen LogP contribution is -2.21. The highest BCUT2D eigenvalue weighted by Crippen LogP contribution is 2.44. The average Bonchev–Trinajstić information content (AvgIpc) is 3.02. The van der Waals surface area contributed by atoms with E-state index >= 15 is 0 Å². The van der Waals surface area contributed by atoms with Crippen LogP contribution in [0.25, 0.3) is 6.08 Å². The molecule has 2 aliphatic rings. The predicted octanol–water partition coefficient (Wildman–Crippen LogP) is 4.34. The molecule has 0 spiro atoms. The molecule has 134 valence electrons. The van der Waals surface area contributed by atoms with Crippen molar-refractivity contribution in [3.05, 3.63) is 40.5 Å². The summed E-state index contributed by atoms with van der Waals surface area (Å²) in [5, 5.41) is 0. The molecule has 0 aliphatic heterocycles. The van der Waals surface area contributed by atoms with Crippen LogP contribution in [0.2, 0.25) is 0 Å². The molecule has 1 saturated carbocycles. The summed E-state index contributed by atoms with van der Waals surface area (Å²) in [5.74, 6) is -0.963. The molecular weight excluding hydrogens is 316 g/mol. The van der Waals surface area contributed by atoms with Crippen molar-refractivity contribution >= 4 is 18.0 Å². The van der Waals surface area contributed by atoms with Crippen molar-refractivity contribution in [1.29, 1.82) is 0 Å². The Morgan fingerprint density at radius 3 is 2.36 bits per heavy atom. The minimum atomic E-state index is -0.669. The van der Waals surface area contributed by atoms with E-state index < -0.39 is 11.9 Å². The van der Waals surface area contributed by atoms with Crippen molar-refractivity contribution in [3.63, 3.8) is 0 Å². The first-order chi connectivity index (χ1) is 12.2. The van der Waals surface area contributed by atoms with Gasteiger partial charge in [-0.25, -0.2) is 4.79 Å². The summed E-state index contributed by atoms with van der Waals surface area (Å²) in [7, 11) is 0. The minimum Gasteiger partial charge on any atom is -0.465 e. The third kappa shape index (κ3) is 3.48. The van der Waals surface area contributed by atoms with E-state index in [1.807, 2.05) is 18.2 Å². The van der Waals surface area contributed by atoms with Crippen LogP contribution >= 0.6 is 0 Å². The van der Waals surface area contributed by atoms with E-state index in [4.69, 9.17) is 9.47 Å². The van der Waals surface area contributed by atoms with E-state index in [9.17, 15) is 9.59 Å². The maximum atomic E-state index is 12.5. The molecular formula is C21H26O4. The summed E-state index contributed by atoms with van der Waals surface area (Å²) in [6, 6.07) is 6.07. The van der Waals surface area contributed by atoms with Gasteiger partial charge in [-0.1, -0.05) is 37.5 Å². The van der Waals surface area contributed by atoms with Gasteiger partial charge in [0.15, 0.2) is 0 Å². The first kappa shape index (κ1) is 17.7. The molecule has 0 saturated heterocycles. The van der Waals surface area contributed by atoms with Gasteiger partial charge in [0, 0.05) is 0 Å². The summed E-state index contributed by atoms with van der Waals surface area (Å²) < 4.78 is 10.4. The van der Waals surface area contributed by atoms with E-state index in [1.54, 1.807) is 13.8 Å². The Bertz CT molecular complexity index is 683. The fourth-order valence-electron chi connectivity index (χ4n) is 4.07. The van der Waals surface area contributed by atoms with E-state index in [0.717, 1.165) is 11.1 Å². The number of hydrogen-bond acceptors (Lipinski definition) is 4. The highest BCUT2D eigenvalue weighted by molar-refractivity contribution is 6.06. The topological polar surface area (TPSA) is 52.6 Å². The van der Waals surface area contributed by atoms with E-state index in [1.165, 1.54) is 37.7 Å². The van der Waals surface area contributed by atoms with Crippen molar-refractivity contribution in [2.45, 2.75) is 57.8 Å². The summed E-state index contributed by atoms with van der Waals surface area (Å²) in [6.45, 7) is 4.13. The third-order valence-corrected chi connectivity index (χ3v) is 5.17. The van der Waals surface area contributed by atoms with Gasteiger partial charge in [-0.3, -0.25) is 4.79 Å². The molecule has 0 heterocycles. The molecule has 1 aromatic rings. The lowest BCUT2D eigenvalue weighted by Gasteiger charge is -2.24.